The molecule has 2 amide bonds. The van der Waals surface area contributed by atoms with Crippen molar-refractivity contribution < 1.29 is 4.79 Å². The van der Waals surface area contributed by atoms with Gasteiger partial charge in [0.25, 0.3) is 0 Å². The van der Waals surface area contributed by atoms with Gasteiger partial charge in [-0.3, -0.25) is 4.90 Å². The number of hydrogen-bond acceptors (Lipinski definition) is 4. The molecule has 0 radical (unpaired) electrons. The van der Waals surface area contributed by atoms with E-state index in [0.29, 0.717) is 0 Å². The van der Waals surface area contributed by atoms with Gasteiger partial charge < -0.3 is 4.90 Å². The molecule has 1 saturated carbocycles. The highest BCUT2D eigenvalue weighted by Crippen LogP contribution is 2.41. The topological polar surface area (TPSA) is 49.3 Å². The summed E-state index contributed by atoms with van der Waals surface area (Å²) in [4.78, 5) is 15.4. The number of urea groups is 1. The molecular formula is C13H20N4OS. The third-order valence-corrected chi connectivity index (χ3v) is 5.59. The first-order valence-electron chi connectivity index (χ1n) is 6.97. The third kappa shape index (κ3) is 2.22. The molecule has 2 fully saturated rings. The molecule has 0 atom stereocenters. The van der Waals surface area contributed by atoms with Crippen LogP contribution in [-0.2, 0) is 5.41 Å². The fourth-order valence-electron chi connectivity index (χ4n) is 2.94. The maximum absolute atomic E-state index is 12.0. The van der Waals surface area contributed by atoms with Gasteiger partial charge in [-0.05, 0) is 12.8 Å². The third-order valence-electron chi connectivity index (χ3n) is 4.34. The van der Waals surface area contributed by atoms with Crippen molar-refractivity contribution in [3.05, 3.63) is 5.01 Å². The first kappa shape index (κ1) is 12.8. The van der Waals surface area contributed by atoms with Crippen molar-refractivity contribution in [1.29, 1.82) is 0 Å². The summed E-state index contributed by atoms with van der Waals surface area (Å²) in [6.45, 7) is 3.78. The van der Waals surface area contributed by atoms with Gasteiger partial charge >= 0.3 is 6.03 Å². The predicted molar refractivity (Wildman–Crippen MR) is 75.7 cm³/mol. The molecule has 1 aliphatic heterocycles. The number of anilines is 1. The lowest BCUT2D eigenvalue weighted by molar-refractivity contribution is 0.229. The average Bonchev–Trinajstić information content (AvgIpc) is 3.00. The van der Waals surface area contributed by atoms with Crippen molar-refractivity contribution in [2.45, 2.75) is 44.4 Å². The first-order chi connectivity index (χ1) is 9.10. The van der Waals surface area contributed by atoms with Crippen LogP contribution in [0.2, 0.25) is 0 Å². The van der Waals surface area contributed by atoms with Crippen LogP contribution < -0.4 is 4.90 Å². The van der Waals surface area contributed by atoms with Crippen molar-refractivity contribution in [2.75, 3.05) is 25.0 Å². The molecule has 1 aliphatic carbocycles. The van der Waals surface area contributed by atoms with Gasteiger partial charge in [0.05, 0.1) is 0 Å². The molecule has 1 saturated heterocycles. The second kappa shape index (κ2) is 4.74. The lowest BCUT2D eigenvalue weighted by atomic mass is 9.76. The lowest BCUT2D eigenvalue weighted by Crippen LogP contribution is -2.29. The zero-order chi connectivity index (χ0) is 13.5. The molecular weight excluding hydrogens is 260 g/mol. The Morgan fingerprint density at radius 3 is 2.53 bits per heavy atom. The van der Waals surface area contributed by atoms with Gasteiger partial charge in [-0.15, -0.1) is 10.2 Å². The molecule has 0 spiro atoms. The molecule has 19 heavy (non-hydrogen) atoms. The molecule has 0 aromatic carbocycles. The highest BCUT2D eigenvalue weighted by Gasteiger charge is 2.35. The van der Waals surface area contributed by atoms with Crippen molar-refractivity contribution in [3.63, 3.8) is 0 Å². The smallest absolute Gasteiger partial charge is 0.326 e. The Morgan fingerprint density at radius 2 is 1.89 bits per heavy atom. The fourth-order valence-corrected chi connectivity index (χ4v) is 4.01. The predicted octanol–water partition coefficient (Wildman–Crippen LogP) is 2.63. The number of rotatable bonds is 2. The Balaban J connectivity index is 1.81. The number of likely N-dealkylation sites (N-methyl/N-ethyl adjacent to an activating group) is 1. The van der Waals surface area contributed by atoms with E-state index >= 15 is 0 Å². The molecule has 2 heterocycles. The van der Waals surface area contributed by atoms with Gasteiger partial charge in [-0.25, -0.2) is 4.79 Å². The van der Waals surface area contributed by atoms with Crippen molar-refractivity contribution in [2.24, 2.45) is 0 Å². The van der Waals surface area contributed by atoms with Crippen molar-refractivity contribution in [1.82, 2.24) is 15.1 Å². The minimum absolute atomic E-state index is 0.0384. The Hall–Kier alpha value is -1.17. The number of amides is 2. The molecule has 0 N–H and O–H groups in total. The van der Waals surface area contributed by atoms with Crippen LogP contribution in [-0.4, -0.2) is 41.3 Å². The van der Waals surface area contributed by atoms with E-state index in [1.807, 2.05) is 7.05 Å². The van der Waals surface area contributed by atoms with E-state index in [2.05, 4.69) is 17.1 Å². The minimum atomic E-state index is 0.0384. The van der Waals surface area contributed by atoms with Crippen LogP contribution in [0.25, 0.3) is 0 Å². The van der Waals surface area contributed by atoms with E-state index < -0.39 is 0 Å². The van der Waals surface area contributed by atoms with E-state index in [9.17, 15) is 4.79 Å². The summed E-state index contributed by atoms with van der Waals surface area (Å²) in [5.41, 5.74) is 0.169. The van der Waals surface area contributed by atoms with E-state index in [0.717, 1.165) is 23.2 Å². The van der Waals surface area contributed by atoms with Crippen LogP contribution in [0.4, 0.5) is 9.93 Å². The highest BCUT2D eigenvalue weighted by molar-refractivity contribution is 7.15. The summed E-state index contributed by atoms with van der Waals surface area (Å²) < 4.78 is 0. The van der Waals surface area contributed by atoms with Crippen molar-refractivity contribution in [3.8, 4) is 0 Å². The summed E-state index contributed by atoms with van der Waals surface area (Å²) in [7, 11) is 1.83. The molecule has 0 unspecified atom stereocenters. The summed E-state index contributed by atoms with van der Waals surface area (Å²) >= 11 is 1.60. The zero-order valence-corrected chi connectivity index (χ0v) is 12.4. The Kier molecular flexibility index (Phi) is 3.20. The van der Waals surface area contributed by atoms with Gasteiger partial charge in [0.1, 0.15) is 5.01 Å². The number of aromatic nitrogens is 2. The molecule has 3 rings (SSSR count). The normalized spacial score (nSPS) is 23.2. The summed E-state index contributed by atoms with van der Waals surface area (Å²) in [6.07, 6.45) is 6.26. The SMILES string of the molecule is CN1CCN(c2nnc(C3(C)CCCCC3)s2)C1=O. The quantitative estimate of drug-likeness (QED) is 0.836. The Labute approximate surface area is 117 Å². The first-order valence-corrected chi connectivity index (χ1v) is 7.78. The maximum atomic E-state index is 12.0. The van der Waals surface area contributed by atoms with Crippen LogP contribution in [0.1, 0.15) is 44.0 Å². The average molecular weight is 280 g/mol. The number of carbonyl (C=O) groups excluding carboxylic acids is 1. The van der Waals surface area contributed by atoms with Gasteiger partial charge in [0.2, 0.25) is 5.13 Å². The van der Waals surface area contributed by atoms with Gasteiger partial charge in [0.15, 0.2) is 0 Å². The van der Waals surface area contributed by atoms with Gasteiger partial charge in [-0.1, -0.05) is 37.5 Å². The fraction of sp³-hybridized carbons (Fsp3) is 0.769. The van der Waals surface area contributed by atoms with Gasteiger partial charge in [0, 0.05) is 25.6 Å². The van der Waals surface area contributed by atoms with E-state index in [-0.39, 0.29) is 11.4 Å². The van der Waals surface area contributed by atoms with Gasteiger partial charge in [-0.2, -0.15) is 0 Å². The molecule has 1 aromatic rings. The second-order valence-electron chi connectivity index (χ2n) is 5.87. The molecule has 0 bridgehead atoms. The molecule has 1 aromatic heterocycles. The standard InChI is InChI=1S/C13H20N4OS/c1-13(6-4-3-5-7-13)10-14-15-11(19-10)17-9-8-16(2)12(17)18/h3-9H2,1-2H3. The van der Waals surface area contributed by atoms with Crippen LogP contribution in [0, 0.1) is 0 Å². The summed E-state index contributed by atoms with van der Waals surface area (Å²) in [5, 5.41) is 10.5. The summed E-state index contributed by atoms with van der Waals surface area (Å²) in [6, 6.07) is 0.0384. The highest BCUT2D eigenvalue weighted by atomic mass is 32.1. The summed E-state index contributed by atoms with van der Waals surface area (Å²) in [5.74, 6) is 0. The Morgan fingerprint density at radius 1 is 1.16 bits per heavy atom. The van der Waals surface area contributed by atoms with E-state index in [4.69, 9.17) is 0 Å². The lowest BCUT2D eigenvalue weighted by Gasteiger charge is -2.30. The molecule has 2 aliphatic rings. The zero-order valence-electron chi connectivity index (χ0n) is 11.6. The monoisotopic (exact) mass is 280 g/mol. The molecule has 5 nitrogen and oxygen atoms in total. The number of hydrogen-bond donors (Lipinski definition) is 0. The number of nitrogens with zero attached hydrogens (tertiary/aromatic N) is 4. The van der Waals surface area contributed by atoms with E-state index in [1.165, 1.54) is 32.1 Å². The largest absolute Gasteiger partial charge is 0.326 e. The van der Waals surface area contributed by atoms with Crippen LogP contribution in [0.5, 0.6) is 0 Å². The molecule has 104 valence electrons. The number of carbonyl (C=O) groups is 1. The second-order valence-corrected chi connectivity index (χ2v) is 6.82. The van der Waals surface area contributed by atoms with Crippen molar-refractivity contribution >= 4 is 22.5 Å². The molecule has 6 heteroatoms. The maximum Gasteiger partial charge on any atom is 0.326 e. The minimum Gasteiger partial charge on any atom is -0.326 e. The van der Waals surface area contributed by atoms with Crippen LogP contribution >= 0.6 is 11.3 Å². The van der Waals surface area contributed by atoms with E-state index in [1.54, 1.807) is 21.1 Å². The Bertz CT molecular complexity index is 481. The van der Waals surface area contributed by atoms with Crippen LogP contribution in [0.3, 0.4) is 0 Å². The van der Waals surface area contributed by atoms with Crippen LogP contribution in [0.15, 0.2) is 0 Å².